The van der Waals surface area contributed by atoms with E-state index in [9.17, 15) is 4.79 Å². The van der Waals surface area contributed by atoms with E-state index in [4.69, 9.17) is 0 Å². The van der Waals surface area contributed by atoms with Crippen molar-refractivity contribution in [3.05, 3.63) is 0 Å². The van der Waals surface area contributed by atoms with Crippen LogP contribution in [0.4, 0.5) is 0 Å². The molecule has 1 aliphatic rings. The number of rotatable bonds is 2. The molecule has 0 spiro atoms. The molecule has 0 aromatic carbocycles. The molecule has 0 aliphatic carbocycles. The molecule has 0 saturated carbocycles. The summed E-state index contributed by atoms with van der Waals surface area (Å²) in [4.78, 5) is 13.9. The predicted molar refractivity (Wildman–Crippen MR) is 57.0 cm³/mol. The first-order valence-electron chi connectivity index (χ1n) is 4.64. The fourth-order valence-electron chi connectivity index (χ4n) is 1.27. The third-order valence-electron chi connectivity index (χ3n) is 2.46. The molecule has 4 heteroatoms. The van der Waals surface area contributed by atoms with Crippen LogP contribution in [0.5, 0.6) is 0 Å². The van der Waals surface area contributed by atoms with E-state index in [0.29, 0.717) is 0 Å². The Labute approximate surface area is 84.2 Å². The second-order valence-corrected chi connectivity index (χ2v) is 5.00. The average molecular weight is 202 g/mol. The summed E-state index contributed by atoms with van der Waals surface area (Å²) in [5.74, 6) is 2.37. The van der Waals surface area contributed by atoms with Gasteiger partial charge in [0.15, 0.2) is 0 Å². The van der Waals surface area contributed by atoms with Gasteiger partial charge in [-0.15, -0.1) is 0 Å². The van der Waals surface area contributed by atoms with Gasteiger partial charge < -0.3 is 10.2 Å². The minimum absolute atomic E-state index is 0.218. The molecular formula is C9H18N2OS. The molecule has 1 fully saturated rings. The number of nitrogens with one attached hydrogen (secondary N) is 1. The smallest absolute Gasteiger partial charge is 0.242 e. The van der Waals surface area contributed by atoms with E-state index >= 15 is 0 Å². The van der Waals surface area contributed by atoms with Crippen molar-refractivity contribution >= 4 is 17.7 Å². The summed E-state index contributed by atoms with van der Waals surface area (Å²) in [6.45, 7) is 5.65. The van der Waals surface area contributed by atoms with Gasteiger partial charge in [0.1, 0.15) is 0 Å². The van der Waals surface area contributed by atoms with Crippen LogP contribution in [0, 0.1) is 0 Å². The van der Waals surface area contributed by atoms with Gasteiger partial charge in [-0.1, -0.05) is 0 Å². The first-order valence-corrected chi connectivity index (χ1v) is 5.79. The van der Waals surface area contributed by atoms with Gasteiger partial charge in [-0.3, -0.25) is 4.79 Å². The number of nitrogens with zero attached hydrogens (tertiary/aromatic N) is 1. The fraction of sp³-hybridized carbons (Fsp3) is 0.889. The third kappa shape index (κ3) is 2.61. The summed E-state index contributed by atoms with van der Waals surface area (Å²) in [5.41, 5.74) is -0.415. The maximum absolute atomic E-state index is 11.9. The lowest BCUT2D eigenvalue weighted by atomic mass is 10.0. The predicted octanol–water partition coefficient (Wildman–Crippen LogP) is 0.560. The van der Waals surface area contributed by atoms with Crippen LogP contribution in [-0.2, 0) is 4.79 Å². The average Bonchev–Trinajstić information content (AvgIpc) is 2.18. The standard InChI is InChI=1S/C9H18N2OS/c1-9(2,10-3)8(12)11-4-6-13-7-5-11/h10H,4-7H2,1-3H3. The number of carbonyl (C=O) groups excluding carboxylic acids is 1. The van der Waals surface area contributed by atoms with Gasteiger partial charge in [0.2, 0.25) is 5.91 Å². The van der Waals surface area contributed by atoms with Crippen molar-refractivity contribution in [1.29, 1.82) is 0 Å². The maximum atomic E-state index is 11.9. The van der Waals surface area contributed by atoms with Gasteiger partial charge in [-0.2, -0.15) is 11.8 Å². The lowest BCUT2D eigenvalue weighted by molar-refractivity contribution is -0.136. The van der Waals surface area contributed by atoms with Crippen LogP contribution in [0.3, 0.4) is 0 Å². The summed E-state index contributed by atoms with van der Waals surface area (Å²) in [5, 5.41) is 3.04. The summed E-state index contributed by atoms with van der Waals surface area (Å²) in [7, 11) is 1.83. The molecule has 0 unspecified atom stereocenters. The molecular weight excluding hydrogens is 184 g/mol. The Bertz CT molecular complexity index is 188. The zero-order valence-electron chi connectivity index (χ0n) is 8.59. The van der Waals surface area contributed by atoms with Crippen molar-refractivity contribution in [2.24, 2.45) is 0 Å². The lowest BCUT2D eigenvalue weighted by Gasteiger charge is -2.33. The van der Waals surface area contributed by atoms with E-state index in [-0.39, 0.29) is 5.91 Å². The maximum Gasteiger partial charge on any atom is 0.242 e. The highest BCUT2D eigenvalue weighted by Crippen LogP contribution is 2.14. The van der Waals surface area contributed by atoms with E-state index in [1.807, 2.05) is 37.6 Å². The van der Waals surface area contributed by atoms with Crippen molar-refractivity contribution in [3.63, 3.8) is 0 Å². The molecule has 1 saturated heterocycles. The summed E-state index contributed by atoms with van der Waals surface area (Å²) in [6.07, 6.45) is 0. The van der Waals surface area contributed by atoms with Crippen LogP contribution >= 0.6 is 11.8 Å². The SMILES string of the molecule is CNC(C)(C)C(=O)N1CCSCC1. The van der Waals surface area contributed by atoms with Gasteiger partial charge in [0.05, 0.1) is 5.54 Å². The summed E-state index contributed by atoms with van der Waals surface area (Å²) < 4.78 is 0. The molecule has 1 aliphatic heterocycles. The second kappa shape index (κ2) is 4.33. The quantitative estimate of drug-likeness (QED) is 0.710. The molecule has 1 N–H and O–H groups in total. The highest BCUT2D eigenvalue weighted by atomic mass is 32.2. The Kier molecular flexibility index (Phi) is 3.62. The number of carbonyl (C=O) groups is 1. The highest BCUT2D eigenvalue weighted by Gasteiger charge is 2.30. The van der Waals surface area contributed by atoms with Crippen LogP contribution in [0.1, 0.15) is 13.8 Å². The van der Waals surface area contributed by atoms with Crippen LogP contribution in [0.25, 0.3) is 0 Å². The van der Waals surface area contributed by atoms with Crippen LogP contribution in [0.2, 0.25) is 0 Å². The normalized spacial score (nSPS) is 18.8. The van der Waals surface area contributed by atoms with Crippen molar-refractivity contribution in [1.82, 2.24) is 10.2 Å². The summed E-state index contributed by atoms with van der Waals surface area (Å²) in [6, 6.07) is 0. The Balaban J connectivity index is 2.55. The highest BCUT2D eigenvalue weighted by molar-refractivity contribution is 7.99. The van der Waals surface area contributed by atoms with Crippen LogP contribution < -0.4 is 5.32 Å². The molecule has 1 rings (SSSR count). The Hall–Kier alpha value is -0.220. The number of likely N-dealkylation sites (N-methyl/N-ethyl adjacent to an activating group) is 1. The first kappa shape index (κ1) is 10.9. The van der Waals surface area contributed by atoms with Crippen molar-refractivity contribution in [2.75, 3.05) is 31.6 Å². The number of hydrogen-bond acceptors (Lipinski definition) is 3. The number of amides is 1. The monoisotopic (exact) mass is 202 g/mol. The Morgan fingerprint density at radius 1 is 1.38 bits per heavy atom. The number of thioether (sulfide) groups is 1. The second-order valence-electron chi connectivity index (χ2n) is 3.78. The Morgan fingerprint density at radius 2 is 1.92 bits per heavy atom. The zero-order chi connectivity index (χ0) is 9.90. The van der Waals surface area contributed by atoms with Gasteiger partial charge in [-0.25, -0.2) is 0 Å². The Morgan fingerprint density at radius 3 is 2.38 bits per heavy atom. The topological polar surface area (TPSA) is 32.3 Å². The number of hydrogen-bond donors (Lipinski definition) is 1. The molecule has 0 atom stereocenters. The minimum atomic E-state index is -0.415. The molecule has 1 heterocycles. The van der Waals surface area contributed by atoms with E-state index in [0.717, 1.165) is 24.6 Å². The largest absolute Gasteiger partial charge is 0.339 e. The lowest BCUT2D eigenvalue weighted by Crippen LogP contribution is -2.54. The van der Waals surface area contributed by atoms with E-state index in [1.165, 1.54) is 0 Å². The van der Waals surface area contributed by atoms with Gasteiger partial charge in [0.25, 0.3) is 0 Å². The fourth-order valence-corrected chi connectivity index (χ4v) is 2.17. The molecule has 0 radical (unpaired) electrons. The first-order chi connectivity index (χ1) is 6.08. The minimum Gasteiger partial charge on any atom is -0.339 e. The van der Waals surface area contributed by atoms with E-state index < -0.39 is 5.54 Å². The molecule has 3 nitrogen and oxygen atoms in total. The van der Waals surface area contributed by atoms with Crippen molar-refractivity contribution < 1.29 is 4.79 Å². The van der Waals surface area contributed by atoms with E-state index in [2.05, 4.69) is 5.32 Å². The third-order valence-corrected chi connectivity index (χ3v) is 3.40. The molecule has 1 amide bonds. The molecule has 0 bridgehead atoms. The molecule has 0 aromatic heterocycles. The van der Waals surface area contributed by atoms with E-state index in [1.54, 1.807) is 0 Å². The molecule has 0 aromatic rings. The van der Waals surface area contributed by atoms with Crippen molar-refractivity contribution in [2.45, 2.75) is 19.4 Å². The van der Waals surface area contributed by atoms with Crippen LogP contribution in [0.15, 0.2) is 0 Å². The molecule has 13 heavy (non-hydrogen) atoms. The summed E-state index contributed by atoms with van der Waals surface area (Å²) >= 11 is 1.92. The molecule has 76 valence electrons. The van der Waals surface area contributed by atoms with Gasteiger partial charge in [-0.05, 0) is 20.9 Å². The van der Waals surface area contributed by atoms with Gasteiger partial charge >= 0.3 is 0 Å². The van der Waals surface area contributed by atoms with Crippen LogP contribution in [-0.4, -0.2) is 48.0 Å². The van der Waals surface area contributed by atoms with Crippen molar-refractivity contribution in [3.8, 4) is 0 Å². The van der Waals surface area contributed by atoms with Gasteiger partial charge in [0, 0.05) is 24.6 Å². The zero-order valence-corrected chi connectivity index (χ0v) is 9.41.